The molecule has 4 heterocycles. The molecular formula is C22H18F2N6OS. The molecule has 2 unspecified atom stereocenters. The van der Waals surface area contributed by atoms with E-state index < -0.39 is 5.82 Å². The number of thiazole rings is 1. The van der Waals surface area contributed by atoms with Gasteiger partial charge in [-0.05, 0) is 24.3 Å². The van der Waals surface area contributed by atoms with Crippen LogP contribution in [0.2, 0.25) is 0 Å². The van der Waals surface area contributed by atoms with Gasteiger partial charge in [-0.3, -0.25) is 4.79 Å². The molecule has 0 aliphatic carbocycles. The minimum Gasteiger partial charge on any atom is -0.347 e. The molecule has 2 aliphatic heterocycles. The van der Waals surface area contributed by atoms with Crippen LogP contribution in [0.15, 0.2) is 48.8 Å². The Morgan fingerprint density at radius 1 is 1.00 bits per heavy atom. The molecule has 2 aromatic heterocycles. The second-order valence-electron chi connectivity index (χ2n) is 8.20. The SMILES string of the molecule is O=C(c1c(F)cccc1-n1nccn1)N1CC2CN(c3nc4cc(F)ccc4s3)CC2C1. The van der Waals surface area contributed by atoms with Crippen molar-refractivity contribution in [2.75, 3.05) is 31.1 Å². The number of carbonyl (C=O) groups excluding carboxylic acids is 1. The summed E-state index contributed by atoms with van der Waals surface area (Å²) in [6.07, 6.45) is 2.98. The van der Waals surface area contributed by atoms with Crippen molar-refractivity contribution in [1.82, 2.24) is 24.9 Å². The Kier molecular flexibility index (Phi) is 4.42. The standard InChI is InChI=1S/C22H18F2N6OS/c23-15-4-5-19-17(8-15)27-22(32-19)29-11-13-9-28(10-14(13)12-29)21(31)20-16(24)2-1-3-18(20)30-25-6-7-26-30/h1-8,13-14H,9-12H2. The molecule has 6 rings (SSSR count). The summed E-state index contributed by atoms with van der Waals surface area (Å²) in [5.74, 6) is -0.655. The van der Waals surface area contributed by atoms with Gasteiger partial charge in [0, 0.05) is 44.1 Å². The van der Waals surface area contributed by atoms with Crippen LogP contribution in [0.4, 0.5) is 13.9 Å². The molecule has 32 heavy (non-hydrogen) atoms. The number of hydrogen-bond donors (Lipinski definition) is 0. The van der Waals surface area contributed by atoms with Crippen LogP contribution in [0.25, 0.3) is 15.9 Å². The van der Waals surface area contributed by atoms with E-state index in [9.17, 15) is 13.6 Å². The summed E-state index contributed by atoms with van der Waals surface area (Å²) in [6.45, 7) is 2.64. The van der Waals surface area contributed by atoms with Crippen LogP contribution in [0.5, 0.6) is 0 Å². The highest BCUT2D eigenvalue weighted by Gasteiger charge is 2.43. The number of nitrogens with zero attached hydrogens (tertiary/aromatic N) is 6. The number of hydrogen-bond acceptors (Lipinski definition) is 6. The predicted octanol–water partition coefficient (Wildman–Crippen LogP) is 3.36. The van der Waals surface area contributed by atoms with Gasteiger partial charge in [-0.15, -0.1) is 0 Å². The molecule has 0 spiro atoms. The first-order valence-electron chi connectivity index (χ1n) is 10.3. The quantitative estimate of drug-likeness (QED) is 0.477. The van der Waals surface area contributed by atoms with Gasteiger partial charge in [0.15, 0.2) is 5.13 Å². The number of amides is 1. The van der Waals surface area contributed by atoms with Gasteiger partial charge < -0.3 is 9.80 Å². The number of rotatable bonds is 3. The molecule has 7 nitrogen and oxygen atoms in total. The van der Waals surface area contributed by atoms with Crippen LogP contribution in [0.1, 0.15) is 10.4 Å². The summed E-state index contributed by atoms with van der Waals surface area (Å²) in [5.41, 5.74) is 0.993. The number of likely N-dealkylation sites (tertiary alicyclic amines) is 1. The van der Waals surface area contributed by atoms with Crippen LogP contribution < -0.4 is 4.90 Å². The van der Waals surface area contributed by atoms with Crippen LogP contribution >= 0.6 is 11.3 Å². The average Bonchev–Trinajstić information content (AvgIpc) is 3.55. The molecule has 10 heteroatoms. The Hall–Kier alpha value is -3.40. The van der Waals surface area contributed by atoms with Crippen molar-refractivity contribution in [2.45, 2.75) is 0 Å². The molecule has 2 saturated heterocycles. The zero-order valence-electron chi connectivity index (χ0n) is 16.9. The Morgan fingerprint density at radius 2 is 1.75 bits per heavy atom. The summed E-state index contributed by atoms with van der Waals surface area (Å²) in [4.78, 5) is 23.1. The first kappa shape index (κ1) is 19.3. The fraction of sp³-hybridized carbons (Fsp3) is 0.273. The largest absolute Gasteiger partial charge is 0.347 e. The first-order valence-corrected chi connectivity index (χ1v) is 11.1. The predicted molar refractivity (Wildman–Crippen MR) is 116 cm³/mol. The number of fused-ring (bicyclic) bond motifs is 2. The van der Waals surface area contributed by atoms with E-state index >= 15 is 0 Å². The highest BCUT2D eigenvalue weighted by atomic mass is 32.1. The van der Waals surface area contributed by atoms with E-state index in [0.29, 0.717) is 24.3 Å². The summed E-state index contributed by atoms with van der Waals surface area (Å²) in [7, 11) is 0. The van der Waals surface area contributed by atoms with Crippen molar-refractivity contribution in [2.24, 2.45) is 11.8 Å². The highest BCUT2D eigenvalue weighted by molar-refractivity contribution is 7.22. The lowest BCUT2D eigenvalue weighted by molar-refractivity contribution is 0.0777. The number of carbonyl (C=O) groups is 1. The van der Waals surface area contributed by atoms with Crippen LogP contribution in [0.3, 0.4) is 0 Å². The topological polar surface area (TPSA) is 67.2 Å². The number of aromatic nitrogens is 4. The first-order chi connectivity index (χ1) is 15.6. The van der Waals surface area contributed by atoms with Gasteiger partial charge in [0.1, 0.15) is 22.9 Å². The molecule has 0 N–H and O–H groups in total. The monoisotopic (exact) mass is 452 g/mol. The third-order valence-corrected chi connectivity index (χ3v) is 7.32. The zero-order chi connectivity index (χ0) is 21.8. The molecular weight excluding hydrogens is 434 g/mol. The molecule has 2 aromatic carbocycles. The van der Waals surface area contributed by atoms with Gasteiger partial charge in [0.05, 0.1) is 22.6 Å². The number of benzene rings is 2. The van der Waals surface area contributed by atoms with Crippen molar-refractivity contribution in [3.8, 4) is 5.69 Å². The van der Waals surface area contributed by atoms with E-state index in [4.69, 9.17) is 0 Å². The molecule has 2 fully saturated rings. The second-order valence-corrected chi connectivity index (χ2v) is 9.21. The summed E-state index contributed by atoms with van der Waals surface area (Å²) < 4.78 is 29.1. The molecule has 2 aliphatic rings. The van der Waals surface area contributed by atoms with Crippen molar-refractivity contribution in [3.63, 3.8) is 0 Å². The third-order valence-electron chi connectivity index (χ3n) is 6.22. The van der Waals surface area contributed by atoms with Gasteiger partial charge >= 0.3 is 0 Å². The fourth-order valence-corrected chi connectivity index (χ4v) is 5.69. The van der Waals surface area contributed by atoms with Crippen molar-refractivity contribution in [1.29, 1.82) is 0 Å². The Bertz CT molecular complexity index is 1310. The lowest BCUT2D eigenvalue weighted by atomic mass is 10.0. The Balaban J connectivity index is 1.21. The summed E-state index contributed by atoms with van der Waals surface area (Å²) >= 11 is 1.55. The van der Waals surface area contributed by atoms with Crippen LogP contribution in [0, 0.1) is 23.5 Å². The summed E-state index contributed by atoms with van der Waals surface area (Å²) in [6, 6.07) is 9.13. The normalized spacial score (nSPS) is 20.3. The van der Waals surface area contributed by atoms with E-state index in [2.05, 4.69) is 20.1 Å². The van der Waals surface area contributed by atoms with Crippen molar-refractivity contribution in [3.05, 3.63) is 66.0 Å². The highest BCUT2D eigenvalue weighted by Crippen LogP contribution is 2.38. The molecule has 0 radical (unpaired) electrons. The average molecular weight is 452 g/mol. The fourth-order valence-electron chi connectivity index (χ4n) is 4.73. The van der Waals surface area contributed by atoms with Gasteiger partial charge in [0.25, 0.3) is 5.91 Å². The third kappa shape index (κ3) is 3.13. The zero-order valence-corrected chi connectivity index (χ0v) is 17.7. The van der Waals surface area contributed by atoms with E-state index in [1.54, 1.807) is 34.4 Å². The van der Waals surface area contributed by atoms with Gasteiger partial charge in [0.2, 0.25) is 0 Å². The van der Waals surface area contributed by atoms with Crippen molar-refractivity contribution < 1.29 is 13.6 Å². The second kappa shape index (κ2) is 7.33. The number of anilines is 1. The van der Waals surface area contributed by atoms with E-state index in [1.165, 1.54) is 35.4 Å². The lowest BCUT2D eigenvalue weighted by Crippen LogP contribution is -2.34. The maximum Gasteiger partial charge on any atom is 0.259 e. The number of halogens is 2. The molecule has 162 valence electrons. The minimum absolute atomic E-state index is 0.00581. The summed E-state index contributed by atoms with van der Waals surface area (Å²) in [5, 5.41) is 8.98. The van der Waals surface area contributed by atoms with Gasteiger partial charge in [-0.1, -0.05) is 17.4 Å². The van der Waals surface area contributed by atoms with E-state index in [0.717, 1.165) is 22.9 Å². The van der Waals surface area contributed by atoms with Crippen LogP contribution in [-0.4, -0.2) is 57.0 Å². The van der Waals surface area contributed by atoms with E-state index in [-0.39, 0.29) is 29.1 Å². The van der Waals surface area contributed by atoms with Gasteiger partial charge in [-0.25, -0.2) is 13.8 Å². The van der Waals surface area contributed by atoms with Crippen molar-refractivity contribution >= 4 is 32.6 Å². The van der Waals surface area contributed by atoms with Crippen LogP contribution in [-0.2, 0) is 0 Å². The maximum atomic E-state index is 14.7. The Morgan fingerprint density at radius 3 is 2.50 bits per heavy atom. The molecule has 0 bridgehead atoms. The lowest BCUT2D eigenvalue weighted by Gasteiger charge is -2.22. The smallest absolute Gasteiger partial charge is 0.259 e. The Labute approximate surface area is 185 Å². The minimum atomic E-state index is -0.579. The molecule has 1 amide bonds. The van der Waals surface area contributed by atoms with E-state index in [1.807, 2.05) is 0 Å². The molecule has 2 atom stereocenters. The molecule has 0 saturated carbocycles. The molecule has 4 aromatic rings. The maximum absolute atomic E-state index is 14.7. The van der Waals surface area contributed by atoms with Gasteiger partial charge in [-0.2, -0.15) is 15.0 Å².